The van der Waals surface area contributed by atoms with Crippen LogP contribution < -0.4 is 14.2 Å². The molecule has 0 atom stereocenters. The largest absolute Gasteiger partial charge is 0.493 e. The van der Waals surface area contributed by atoms with Gasteiger partial charge in [0.2, 0.25) is 0 Å². The fourth-order valence-electron chi connectivity index (χ4n) is 3.84. The molecule has 0 aliphatic carbocycles. The number of benzene rings is 2. The van der Waals surface area contributed by atoms with Crippen LogP contribution in [-0.2, 0) is 0 Å². The standard InChI is InChI=1S/C27H42O3/c1-4-6-8-10-12-14-21-29-24-18-16-17-23-19-20-25(28-3)27(26(23)24)30-22-15-13-11-9-7-5-2/h16-20H,4-15,21-22H2,1-3H3. The van der Waals surface area contributed by atoms with Gasteiger partial charge in [-0.2, -0.15) is 0 Å². The van der Waals surface area contributed by atoms with E-state index in [1.165, 1.54) is 64.2 Å². The second-order valence-corrected chi connectivity index (χ2v) is 8.18. The number of ether oxygens (including phenoxy) is 3. The summed E-state index contributed by atoms with van der Waals surface area (Å²) in [7, 11) is 1.71. The van der Waals surface area contributed by atoms with Gasteiger partial charge in [-0.25, -0.2) is 0 Å². The summed E-state index contributed by atoms with van der Waals surface area (Å²) in [6, 6.07) is 10.3. The van der Waals surface area contributed by atoms with Crippen molar-refractivity contribution in [3.05, 3.63) is 30.3 Å². The molecule has 2 rings (SSSR count). The number of fused-ring (bicyclic) bond motifs is 1. The van der Waals surface area contributed by atoms with Crippen molar-refractivity contribution in [3.8, 4) is 17.2 Å². The first-order chi connectivity index (χ1) is 14.8. The van der Waals surface area contributed by atoms with Crippen molar-refractivity contribution in [1.82, 2.24) is 0 Å². The Morgan fingerprint density at radius 2 is 1.20 bits per heavy atom. The van der Waals surface area contributed by atoms with Crippen LogP contribution in [0.5, 0.6) is 17.2 Å². The third kappa shape index (κ3) is 8.08. The Morgan fingerprint density at radius 1 is 0.600 bits per heavy atom. The third-order valence-electron chi connectivity index (χ3n) is 5.64. The van der Waals surface area contributed by atoms with E-state index in [1.807, 2.05) is 6.07 Å². The zero-order chi connectivity index (χ0) is 21.4. The molecule has 2 aromatic rings. The number of hydrogen-bond acceptors (Lipinski definition) is 3. The van der Waals surface area contributed by atoms with Gasteiger partial charge in [-0.05, 0) is 30.4 Å². The van der Waals surface area contributed by atoms with Crippen molar-refractivity contribution in [2.24, 2.45) is 0 Å². The zero-order valence-corrected chi connectivity index (χ0v) is 19.5. The van der Waals surface area contributed by atoms with Gasteiger partial charge in [0.15, 0.2) is 11.5 Å². The maximum atomic E-state index is 6.26. The van der Waals surface area contributed by atoms with Crippen molar-refractivity contribution in [2.45, 2.75) is 90.9 Å². The average Bonchev–Trinajstić information content (AvgIpc) is 2.77. The highest BCUT2D eigenvalue weighted by Crippen LogP contribution is 2.41. The Labute approximate surface area is 184 Å². The lowest BCUT2D eigenvalue weighted by molar-refractivity contribution is 0.283. The quantitative estimate of drug-likeness (QED) is 0.243. The lowest BCUT2D eigenvalue weighted by Gasteiger charge is -2.16. The predicted molar refractivity (Wildman–Crippen MR) is 128 cm³/mol. The molecule has 0 saturated carbocycles. The van der Waals surface area contributed by atoms with E-state index in [0.29, 0.717) is 6.61 Å². The van der Waals surface area contributed by atoms with Gasteiger partial charge < -0.3 is 14.2 Å². The van der Waals surface area contributed by atoms with Crippen molar-refractivity contribution in [1.29, 1.82) is 0 Å². The van der Waals surface area contributed by atoms with E-state index in [1.54, 1.807) is 7.11 Å². The maximum absolute atomic E-state index is 6.26. The van der Waals surface area contributed by atoms with E-state index in [4.69, 9.17) is 14.2 Å². The first kappa shape index (κ1) is 24.4. The van der Waals surface area contributed by atoms with Gasteiger partial charge in [0.1, 0.15) is 5.75 Å². The van der Waals surface area contributed by atoms with Crippen molar-refractivity contribution in [2.75, 3.05) is 20.3 Å². The molecular formula is C27H42O3. The molecule has 168 valence electrons. The molecule has 3 heteroatoms. The van der Waals surface area contributed by atoms with Crippen LogP contribution >= 0.6 is 0 Å². The predicted octanol–water partition coefficient (Wildman–Crippen LogP) is 8.33. The van der Waals surface area contributed by atoms with Crippen molar-refractivity contribution < 1.29 is 14.2 Å². The molecule has 2 aromatic carbocycles. The minimum Gasteiger partial charge on any atom is -0.493 e. The Hall–Kier alpha value is -1.90. The highest BCUT2D eigenvalue weighted by Gasteiger charge is 2.14. The second-order valence-electron chi connectivity index (χ2n) is 8.18. The molecule has 0 aromatic heterocycles. The summed E-state index contributed by atoms with van der Waals surface area (Å²) in [6.45, 7) is 5.97. The summed E-state index contributed by atoms with van der Waals surface area (Å²) in [4.78, 5) is 0. The Kier molecular flexibility index (Phi) is 12.2. The minimum atomic E-state index is 0.716. The topological polar surface area (TPSA) is 27.7 Å². The van der Waals surface area contributed by atoms with Crippen molar-refractivity contribution in [3.63, 3.8) is 0 Å². The molecule has 3 nitrogen and oxygen atoms in total. The summed E-state index contributed by atoms with van der Waals surface area (Å²) in [5.74, 6) is 2.50. The van der Waals surface area contributed by atoms with Crippen LogP contribution in [0.2, 0.25) is 0 Å². The number of methoxy groups -OCH3 is 1. The lowest BCUT2D eigenvalue weighted by Crippen LogP contribution is -2.03. The SMILES string of the molecule is CCCCCCCCOc1cccc2ccc(OC)c(OCCCCCCCC)c12. The zero-order valence-electron chi connectivity index (χ0n) is 19.5. The lowest BCUT2D eigenvalue weighted by atomic mass is 10.1. The molecule has 0 radical (unpaired) electrons. The van der Waals surface area contributed by atoms with E-state index in [2.05, 4.69) is 38.1 Å². The van der Waals surface area contributed by atoms with Gasteiger partial charge in [0.05, 0.1) is 25.7 Å². The Bertz CT molecular complexity index is 711. The van der Waals surface area contributed by atoms with E-state index in [-0.39, 0.29) is 0 Å². The minimum absolute atomic E-state index is 0.716. The molecule has 0 N–H and O–H groups in total. The van der Waals surface area contributed by atoms with Crippen molar-refractivity contribution >= 4 is 10.8 Å². The smallest absolute Gasteiger partial charge is 0.172 e. The number of rotatable bonds is 17. The molecule has 0 unspecified atom stereocenters. The highest BCUT2D eigenvalue weighted by molar-refractivity contribution is 5.95. The fraction of sp³-hybridized carbons (Fsp3) is 0.630. The van der Waals surface area contributed by atoms with Crippen LogP contribution in [0.3, 0.4) is 0 Å². The van der Waals surface area contributed by atoms with E-state index in [0.717, 1.165) is 47.5 Å². The average molecular weight is 415 g/mol. The summed E-state index contributed by atoms with van der Waals surface area (Å²) in [5, 5.41) is 2.17. The summed E-state index contributed by atoms with van der Waals surface area (Å²) >= 11 is 0. The first-order valence-corrected chi connectivity index (χ1v) is 12.2. The van der Waals surface area contributed by atoms with E-state index in [9.17, 15) is 0 Å². The second kappa shape index (κ2) is 15.0. The number of unbranched alkanes of at least 4 members (excludes halogenated alkanes) is 10. The van der Waals surface area contributed by atoms with Crippen LogP contribution in [-0.4, -0.2) is 20.3 Å². The molecule has 0 aliphatic rings. The molecule has 0 amide bonds. The van der Waals surface area contributed by atoms with Crippen LogP contribution in [0.4, 0.5) is 0 Å². The summed E-state index contributed by atoms with van der Waals surface area (Å²) in [5.41, 5.74) is 0. The molecule has 0 saturated heterocycles. The number of hydrogen-bond donors (Lipinski definition) is 0. The summed E-state index contributed by atoms with van der Waals surface area (Å²) in [6.07, 6.45) is 15.1. The van der Waals surface area contributed by atoms with Gasteiger partial charge in [-0.3, -0.25) is 0 Å². The van der Waals surface area contributed by atoms with Gasteiger partial charge >= 0.3 is 0 Å². The van der Waals surface area contributed by atoms with Gasteiger partial charge in [-0.15, -0.1) is 0 Å². The Balaban J connectivity index is 1.98. The molecule has 0 bridgehead atoms. The first-order valence-electron chi connectivity index (χ1n) is 12.2. The van der Waals surface area contributed by atoms with Gasteiger partial charge in [0, 0.05) is 0 Å². The highest BCUT2D eigenvalue weighted by atomic mass is 16.5. The van der Waals surface area contributed by atoms with Gasteiger partial charge in [-0.1, -0.05) is 96.3 Å². The van der Waals surface area contributed by atoms with Gasteiger partial charge in [0.25, 0.3) is 0 Å². The monoisotopic (exact) mass is 414 g/mol. The molecule has 30 heavy (non-hydrogen) atoms. The molecule has 0 spiro atoms. The Morgan fingerprint density at radius 3 is 1.83 bits per heavy atom. The summed E-state index contributed by atoms with van der Waals surface area (Å²) < 4.78 is 18.1. The van der Waals surface area contributed by atoms with E-state index < -0.39 is 0 Å². The van der Waals surface area contributed by atoms with E-state index >= 15 is 0 Å². The molecule has 0 aliphatic heterocycles. The fourth-order valence-corrected chi connectivity index (χ4v) is 3.84. The van der Waals surface area contributed by atoms with Crippen LogP contribution in [0.1, 0.15) is 90.9 Å². The van der Waals surface area contributed by atoms with Crippen LogP contribution in [0.25, 0.3) is 10.8 Å². The normalized spacial score (nSPS) is 11.0. The van der Waals surface area contributed by atoms with Crippen LogP contribution in [0.15, 0.2) is 30.3 Å². The maximum Gasteiger partial charge on any atom is 0.172 e. The molecule has 0 heterocycles. The molecular weight excluding hydrogens is 372 g/mol. The molecule has 0 fully saturated rings. The van der Waals surface area contributed by atoms with Crippen LogP contribution in [0, 0.1) is 0 Å². The third-order valence-corrected chi connectivity index (χ3v) is 5.64.